The fourth-order valence-corrected chi connectivity index (χ4v) is 4.88. The molecule has 0 bridgehead atoms. The zero-order valence-corrected chi connectivity index (χ0v) is 19.7. The average Bonchev–Trinajstić information content (AvgIpc) is 3.46. The van der Waals surface area contributed by atoms with Crippen LogP contribution in [0.25, 0.3) is 21.9 Å². The predicted molar refractivity (Wildman–Crippen MR) is 139 cm³/mol. The summed E-state index contributed by atoms with van der Waals surface area (Å²) in [5.41, 5.74) is 7.17. The van der Waals surface area contributed by atoms with Crippen LogP contribution in [0.3, 0.4) is 0 Å². The molecule has 4 aromatic carbocycles. The summed E-state index contributed by atoms with van der Waals surface area (Å²) in [6.45, 7) is 0.431. The predicted octanol–water partition coefficient (Wildman–Crippen LogP) is 7.21. The monoisotopic (exact) mass is 471 g/mol. The lowest BCUT2D eigenvalue weighted by Crippen LogP contribution is -2.07. The number of ether oxygens (including phenoxy) is 1. The summed E-state index contributed by atoms with van der Waals surface area (Å²) in [5.74, 6) is 0. The third-order valence-corrected chi connectivity index (χ3v) is 6.88. The normalized spacial score (nSPS) is 11.6. The van der Waals surface area contributed by atoms with E-state index in [1.54, 1.807) is 23.5 Å². The highest BCUT2D eigenvalue weighted by Gasteiger charge is 2.17. The van der Waals surface area contributed by atoms with Gasteiger partial charge in [0.1, 0.15) is 0 Å². The summed E-state index contributed by atoms with van der Waals surface area (Å²) in [7, 11) is 0. The molecule has 168 valence electrons. The van der Waals surface area contributed by atoms with Gasteiger partial charge in [-0.1, -0.05) is 60.7 Å². The Kier molecular flexibility index (Phi) is 6.63. The third-order valence-electron chi connectivity index (χ3n) is 6.01. The van der Waals surface area contributed by atoms with Gasteiger partial charge in [0, 0.05) is 18.2 Å². The minimum absolute atomic E-state index is 0.175. The van der Waals surface area contributed by atoms with Crippen LogP contribution < -0.4 is 0 Å². The Morgan fingerprint density at radius 2 is 1.63 bits per heavy atom. The van der Waals surface area contributed by atoms with Gasteiger partial charge in [0.25, 0.3) is 0 Å². The van der Waals surface area contributed by atoms with Gasteiger partial charge in [-0.3, -0.25) is 4.98 Å². The van der Waals surface area contributed by atoms with E-state index in [1.165, 1.54) is 0 Å². The van der Waals surface area contributed by atoms with Crippen molar-refractivity contribution in [3.63, 3.8) is 0 Å². The Bertz CT molecular complexity index is 1540. The van der Waals surface area contributed by atoms with E-state index in [2.05, 4.69) is 47.5 Å². The minimum Gasteiger partial charge on any atom is -0.368 e. The van der Waals surface area contributed by atoms with Crippen molar-refractivity contribution in [2.45, 2.75) is 19.1 Å². The Hall–Kier alpha value is -4.29. The number of aromatic nitrogens is 1. The van der Waals surface area contributed by atoms with Crippen molar-refractivity contribution in [3.05, 3.63) is 124 Å². The molecular formula is C30H21N3OS. The van der Waals surface area contributed by atoms with Crippen molar-refractivity contribution >= 4 is 22.1 Å². The highest BCUT2D eigenvalue weighted by atomic mass is 32.1. The number of nitrogens with zero attached hydrogens (tertiary/aromatic N) is 3. The van der Waals surface area contributed by atoms with Crippen LogP contribution in [0.5, 0.6) is 0 Å². The van der Waals surface area contributed by atoms with Crippen molar-refractivity contribution in [3.8, 4) is 23.3 Å². The summed E-state index contributed by atoms with van der Waals surface area (Å²) in [6, 6.07) is 32.4. The van der Waals surface area contributed by atoms with Crippen LogP contribution in [-0.4, -0.2) is 4.98 Å². The fourth-order valence-electron chi connectivity index (χ4n) is 4.21. The Morgan fingerprint density at radius 3 is 2.40 bits per heavy atom. The molecule has 0 N–H and O–H groups in total. The summed E-state index contributed by atoms with van der Waals surface area (Å²) < 4.78 is 6.34. The van der Waals surface area contributed by atoms with Gasteiger partial charge in [0.05, 0.1) is 46.4 Å². The molecule has 1 atom stereocenters. The van der Waals surface area contributed by atoms with E-state index in [9.17, 15) is 5.26 Å². The maximum atomic E-state index is 9.82. The average molecular weight is 472 g/mol. The molecule has 0 radical (unpaired) electrons. The molecule has 0 spiro atoms. The number of hydrogen-bond donors (Lipinski definition) is 0. The number of nitriles is 2. The van der Waals surface area contributed by atoms with E-state index < -0.39 is 0 Å². The molecule has 5 heteroatoms. The molecular weight excluding hydrogens is 450 g/mol. The van der Waals surface area contributed by atoms with Gasteiger partial charge in [-0.25, -0.2) is 0 Å². The number of hydrogen-bond acceptors (Lipinski definition) is 5. The first-order valence-electron chi connectivity index (χ1n) is 11.3. The fraction of sp³-hybridized carbons (Fsp3) is 0.100. The first kappa shape index (κ1) is 22.5. The van der Waals surface area contributed by atoms with Crippen LogP contribution in [0, 0.1) is 22.7 Å². The second kappa shape index (κ2) is 10.3. The van der Waals surface area contributed by atoms with Crippen LogP contribution >= 0.6 is 11.3 Å². The van der Waals surface area contributed by atoms with Crippen LogP contribution in [0.1, 0.15) is 33.2 Å². The third kappa shape index (κ3) is 4.98. The highest BCUT2D eigenvalue weighted by molar-refractivity contribution is 7.09. The number of thiazole rings is 1. The van der Waals surface area contributed by atoms with Crippen molar-refractivity contribution in [2.75, 3.05) is 0 Å². The van der Waals surface area contributed by atoms with Crippen molar-refractivity contribution in [1.29, 1.82) is 10.5 Å². The molecule has 0 fully saturated rings. The van der Waals surface area contributed by atoms with E-state index in [0.29, 0.717) is 24.2 Å². The second-order valence-electron chi connectivity index (χ2n) is 8.23. The highest BCUT2D eigenvalue weighted by Crippen LogP contribution is 2.33. The number of benzene rings is 4. The van der Waals surface area contributed by atoms with Gasteiger partial charge in [0.15, 0.2) is 0 Å². The molecule has 1 heterocycles. The molecule has 0 saturated carbocycles. The van der Waals surface area contributed by atoms with Crippen molar-refractivity contribution in [2.24, 2.45) is 0 Å². The van der Waals surface area contributed by atoms with E-state index in [4.69, 9.17) is 10.00 Å². The molecule has 0 aliphatic heterocycles. The molecule has 1 unspecified atom stereocenters. The van der Waals surface area contributed by atoms with E-state index in [-0.39, 0.29) is 6.10 Å². The molecule has 1 aromatic heterocycles. The molecule has 0 saturated heterocycles. The van der Waals surface area contributed by atoms with E-state index >= 15 is 0 Å². The van der Waals surface area contributed by atoms with Gasteiger partial charge in [-0.15, -0.1) is 11.3 Å². The minimum atomic E-state index is -0.175. The van der Waals surface area contributed by atoms with Crippen molar-refractivity contribution in [1.82, 2.24) is 4.98 Å². The molecule has 0 amide bonds. The molecule has 5 aromatic rings. The smallest absolute Gasteiger partial charge is 0.0998 e. The number of fused-ring (bicyclic) bond motifs is 1. The van der Waals surface area contributed by atoms with Gasteiger partial charge in [-0.05, 0) is 51.7 Å². The first-order valence-corrected chi connectivity index (χ1v) is 12.1. The van der Waals surface area contributed by atoms with Gasteiger partial charge in [0.2, 0.25) is 0 Å². The van der Waals surface area contributed by atoms with Crippen molar-refractivity contribution < 1.29 is 4.74 Å². The quantitative estimate of drug-likeness (QED) is 0.251. The Balaban J connectivity index is 1.46. The zero-order chi connectivity index (χ0) is 24.0. The van der Waals surface area contributed by atoms with Gasteiger partial charge < -0.3 is 4.74 Å². The molecule has 0 aliphatic carbocycles. The van der Waals surface area contributed by atoms with Crippen LogP contribution in [0.15, 0.2) is 96.6 Å². The summed E-state index contributed by atoms with van der Waals surface area (Å²) in [6.07, 6.45) is 2.33. The summed E-state index contributed by atoms with van der Waals surface area (Å²) in [4.78, 5) is 5.30. The topological polar surface area (TPSA) is 69.7 Å². The maximum absolute atomic E-state index is 9.82. The maximum Gasteiger partial charge on any atom is 0.0998 e. The molecule has 35 heavy (non-hydrogen) atoms. The largest absolute Gasteiger partial charge is 0.368 e. The lowest BCUT2D eigenvalue weighted by molar-refractivity contribution is 0.0421. The molecule has 0 aliphatic rings. The zero-order valence-electron chi connectivity index (χ0n) is 18.9. The lowest BCUT2D eigenvalue weighted by Gasteiger charge is -2.18. The Labute approximate surface area is 208 Å². The second-order valence-corrected chi connectivity index (χ2v) is 9.15. The standard InChI is InChI=1S/C30H21N3OS/c31-16-21-8-10-22(11-9-21)19-34-29(30-18-33-20-35-30)15-23-12-13-25(17-32)28(14-23)27-7-3-5-24-4-1-2-6-26(24)27/h1-14,18,20,29H,15,19H2. The van der Waals surface area contributed by atoms with Gasteiger partial charge in [-0.2, -0.15) is 10.5 Å². The van der Waals surface area contributed by atoms with Gasteiger partial charge >= 0.3 is 0 Å². The van der Waals surface area contributed by atoms with E-state index in [0.717, 1.165) is 37.9 Å². The number of rotatable bonds is 7. The lowest BCUT2D eigenvalue weighted by atomic mass is 9.92. The van der Waals surface area contributed by atoms with E-state index in [1.807, 2.05) is 54.2 Å². The van der Waals surface area contributed by atoms with Crippen LogP contribution in [0.4, 0.5) is 0 Å². The summed E-state index contributed by atoms with van der Waals surface area (Å²) >= 11 is 1.57. The summed E-state index contributed by atoms with van der Waals surface area (Å²) in [5, 5.41) is 21.1. The molecule has 5 rings (SSSR count). The van der Waals surface area contributed by atoms with Crippen LogP contribution in [0.2, 0.25) is 0 Å². The SMILES string of the molecule is N#Cc1ccc(COC(Cc2ccc(C#N)c(-c3cccc4ccccc34)c2)c2cncs2)cc1. The Morgan fingerprint density at radius 1 is 0.829 bits per heavy atom. The molecule has 4 nitrogen and oxygen atoms in total. The first-order chi connectivity index (χ1) is 17.2. The van der Waals surface area contributed by atoms with Crippen LogP contribution in [-0.2, 0) is 17.8 Å².